The number of nitrogens with zero attached hydrogens (tertiary/aromatic N) is 2. The Kier molecular flexibility index (Phi) is 5.81. The molecule has 7 heteroatoms. The number of hydrogen-bond donors (Lipinski definition) is 2. The summed E-state index contributed by atoms with van der Waals surface area (Å²) in [7, 11) is 0. The van der Waals surface area contributed by atoms with Crippen LogP contribution >= 0.6 is 35.4 Å². The molecule has 2 N–H and O–H groups in total. The number of rotatable bonds is 4. The zero-order chi connectivity index (χ0) is 18.7. The SMILES string of the molecule is Cc1ccc(NC(=S)Nc2ccn(Cc3ccc(Cl)cc3Cl)n2)c(C)c1. The lowest BCUT2D eigenvalue weighted by Gasteiger charge is -2.11. The van der Waals surface area contributed by atoms with E-state index in [-0.39, 0.29) is 0 Å². The standard InChI is InChI=1S/C19H18Cl2N4S/c1-12-3-6-17(13(2)9-12)22-19(26)23-18-7-8-25(24-18)11-14-4-5-15(20)10-16(14)21/h3-10H,11H2,1-2H3,(H2,22,23,24,26). The third-order valence-corrected chi connectivity index (χ3v) is 4.65. The van der Waals surface area contributed by atoms with Crippen LogP contribution in [0.4, 0.5) is 11.5 Å². The summed E-state index contributed by atoms with van der Waals surface area (Å²) >= 11 is 17.5. The van der Waals surface area contributed by atoms with Gasteiger partial charge < -0.3 is 10.6 Å². The molecule has 0 atom stereocenters. The number of thiocarbonyl (C=S) groups is 1. The highest BCUT2D eigenvalue weighted by Gasteiger charge is 2.07. The number of benzene rings is 2. The van der Waals surface area contributed by atoms with Crippen molar-refractivity contribution in [2.45, 2.75) is 20.4 Å². The minimum absolute atomic E-state index is 0.492. The van der Waals surface area contributed by atoms with Gasteiger partial charge in [0.2, 0.25) is 0 Å². The van der Waals surface area contributed by atoms with Crippen molar-refractivity contribution >= 4 is 52.0 Å². The van der Waals surface area contributed by atoms with E-state index in [0.717, 1.165) is 16.8 Å². The second-order valence-corrected chi connectivity index (χ2v) is 7.28. The maximum atomic E-state index is 6.21. The molecule has 0 unspecified atom stereocenters. The van der Waals surface area contributed by atoms with Crippen LogP contribution in [0, 0.1) is 13.8 Å². The fourth-order valence-electron chi connectivity index (χ4n) is 2.56. The molecule has 0 radical (unpaired) electrons. The van der Waals surface area contributed by atoms with Crippen molar-refractivity contribution in [1.29, 1.82) is 0 Å². The summed E-state index contributed by atoms with van der Waals surface area (Å²) < 4.78 is 1.79. The van der Waals surface area contributed by atoms with Gasteiger partial charge >= 0.3 is 0 Å². The molecule has 0 aliphatic heterocycles. The van der Waals surface area contributed by atoms with Crippen molar-refractivity contribution in [1.82, 2.24) is 9.78 Å². The molecule has 26 heavy (non-hydrogen) atoms. The summed E-state index contributed by atoms with van der Waals surface area (Å²) in [5.41, 5.74) is 4.27. The van der Waals surface area contributed by atoms with Gasteiger partial charge in [0.15, 0.2) is 10.9 Å². The van der Waals surface area contributed by atoms with Gasteiger partial charge in [0.1, 0.15) is 0 Å². The molecule has 0 aliphatic carbocycles. The molecule has 0 aliphatic rings. The lowest BCUT2D eigenvalue weighted by molar-refractivity contribution is 0.690. The first-order chi connectivity index (χ1) is 12.4. The fourth-order valence-corrected chi connectivity index (χ4v) is 3.25. The molecule has 0 spiro atoms. The van der Waals surface area contributed by atoms with Gasteiger partial charge in [0.25, 0.3) is 0 Å². The predicted molar refractivity (Wildman–Crippen MR) is 114 cm³/mol. The van der Waals surface area contributed by atoms with Crippen LogP contribution in [0.25, 0.3) is 0 Å². The molecule has 3 aromatic rings. The Labute approximate surface area is 168 Å². The molecule has 2 aromatic carbocycles. The van der Waals surface area contributed by atoms with E-state index >= 15 is 0 Å². The maximum absolute atomic E-state index is 6.21. The zero-order valence-corrected chi connectivity index (χ0v) is 16.7. The summed E-state index contributed by atoms with van der Waals surface area (Å²) in [4.78, 5) is 0. The third-order valence-electron chi connectivity index (χ3n) is 3.86. The van der Waals surface area contributed by atoms with Gasteiger partial charge in [-0.05, 0) is 55.4 Å². The van der Waals surface area contributed by atoms with Crippen LogP contribution in [-0.2, 0) is 6.54 Å². The second-order valence-electron chi connectivity index (χ2n) is 6.03. The van der Waals surface area contributed by atoms with Gasteiger partial charge in [-0.1, -0.05) is 47.0 Å². The monoisotopic (exact) mass is 404 g/mol. The van der Waals surface area contributed by atoms with Crippen LogP contribution in [0.2, 0.25) is 10.0 Å². The molecule has 1 aromatic heterocycles. The van der Waals surface area contributed by atoms with E-state index in [1.165, 1.54) is 5.56 Å². The third kappa shape index (κ3) is 4.75. The van der Waals surface area contributed by atoms with E-state index in [1.807, 2.05) is 43.5 Å². The van der Waals surface area contributed by atoms with Crippen LogP contribution in [-0.4, -0.2) is 14.9 Å². The van der Waals surface area contributed by atoms with Crippen molar-refractivity contribution < 1.29 is 0 Å². The normalized spacial score (nSPS) is 10.6. The molecule has 3 rings (SSSR count). The lowest BCUT2D eigenvalue weighted by Crippen LogP contribution is -2.20. The Morgan fingerprint density at radius 2 is 1.88 bits per heavy atom. The van der Waals surface area contributed by atoms with Crippen LogP contribution in [0.3, 0.4) is 0 Å². The molecule has 0 saturated heterocycles. The Morgan fingerprint density at radius 3 is 2.62 bits per heavy atom. The zero-order valence-electron chi connectivity index (χ0n) is 14.4. The topological polar surface area (TPSA) is 41.9 Å². The Balaban J connectivity index is 1.63. The molecule has 134 valence electrons. The molecule has 0 amide bonds. The fraction of sp³-hybridized carbons (Fsp3) is 0.158. The van der Waals surface area contributed by atoms with Gasteiger partial charge in [-0.3, -0.25) is 4.68 Å². The largest absolute Gasteiger partial charge is 0.332 e. The van der Waals surface area contributed by atoms with Crippen molar-refractivity contribution in [3.8, 4) is 0 Å². The van der Waals surface area contributed by atoms with Crippen LogP contribution in [0.1, 0.15) is 16.7 Å². The first-order valence-corrected chi connectivity index (χ1v) is 9.20. The van der Waals surface area contributed by atoms with E-state index in [1.54, 1.807) is 10.7 Å². The lowest BCUT2D eigenvalue weighted by atomic mass is 10.1. The van der Waals surface area contributed by atoms with E-state index < -0.39 is 0 Å². The summed E-state index contributed by atoms with van der Waals surface area (Å²) in [6.45, 7) is 4.66. The second kappa shape index (κ2) is 8.08. The van der Waals surface area contributed by atoms with Gasteiger partial charge in [-0.25, -0.2) is 0 Å². The summed E-state index contributed by atoms with van der Waals surface area (Å²) in [6, 6.07) is 13.5. The molecule has 4 nitrogen and oxygen atoms in total. The van der Waals surface area contributed by atoms with E-state index in [9.17, 15) is 0 Å². The highest BCUT2D eigenvalue weighted by atomic mass is 35.5. The molecular formula is C19H18Cl2N4S. The number of aryl methyl sites for hydroxylation is 2. The van der Waals surface area contributed by atoms with E-state index in [0.29, 0.717) is 27.5 Å². The molecule has 0 fully saturated rings. The van der Waals surface area contributed by atoms with Gasteiger partial charge in [0.05, 0.1) is 6.54 Å². The number of hydrogen-bond acceptors (Lipinski definition) is 2. The summed E-state index contributed by atoms with van der Waals surface area (Å²) in [5.74, 6) is 0.664. The summed E-state index contributed by atoms with van der Waals surface area (Å²) in [5, 5.41) is 12.5. The quantitative estimate of drug-likeness (QED) is 0.550. The average molecular weight is 405 g/mol. The van der Waals surface area contributed by atoms with Crippen molar-refractivity contribution in [3.05, 3.63) is 75.4 Å². The predicted octanol–water partition coefficient (Wildman–Crippen LogP) is 5.66. The molecule has 1 heterocycles. The number of anilines is 2. The molecule has 0 saturated carbocycles. The number of halogens is 2. The Hall–Kier alpha value is -2.08. The Morgan fingerprint density at radius 1 is 1.08 bits per heavy atom. The van der Waals surface area contributed by atoms with Gasteiger partial charge in [-0.2, -0.15) is 5.10 Å². The Bertz CT molecular complexity index is 952. The number of aromatic nitrogens is 2. The average Bonchev–Trinajstić information content (AvgIpc) is 3.00. The van der Waals surface area contributed by atoms with Crippen LogP contribution in [0.15, 0.2) is 48.7 Å². The first kappa shape index (κ1) is 18.7. The van der Waals surface area contributed by atoms with Gasteiger partial charge in [0, 0.05) is 28.0 Å². The minimum Gasteiger partial charge on any atom is -0.332 e. The highest BCUT2D eigenvalue weighted by molar-refractivity contribution is 7.80. The van der Waals surface area contributed by atoms with Crippen molar-refractivity contribution in [3.63, 3.8) is 0 Å². The van der Waals surface area contributed by atoms with Crippen LogP contribution in [0.5, 0.6) is 0 Å². The highest BCUT2D eigenvalue weighted by Crippen LogP contribution is 2.22. The first-order valence-electron chi connectivity index (χ1n) is 8.03. The summed E-state index contributed by atoms with van der Waals surface area (Å²) in [6.07, 6.45) is 1.87. The van der Waals surface area contributed by atoms with Crippen molar-refractivity contribution in [2.24, 2.45) is 0 Å². The smallest absolute Gasteiger partial charge is 0.176 e. The van der Waals surface area contributed by atoms with Crippen molar-refractivity contribution in [2.75, 3.05) is 10.6 Å². The van der Waals surface area contributed by atoms with Crippen LogP contribution < -0.4 is 10.6 Å². The number of nitrogens with one attached hydrogen (secondary N) is 2. The van der Waals surface area contributed by atoms with E-state index in [2.05, 4.69) is 28.7 Å². The van der Waals surface area contributed by atoms with Gasteiger partial charge in [-0.15, -0.1) is 0 Å². The maximum Gasteiger partial charge on any atom is 0.176 e. The molecule has 0 bridgehead atoms. The van der Waals surface area contributed by atoms with E-state index in [4.69, 9.17) is 35.4 Å². The molecular weight excluding hydrogens is 387 g/mol. The minimum atomic E-state index is 0.492.